The van der Waals surface area contributed by atoms with E-state index in [0.717, 1.165) is 18.2 Å². The molecule has 0 unspecified atom stereocenters. The van der Waals surface area contributed by atoms with Crippen molar-refractivity contribution in [2.24, 2.45) is 0 Å². The molecule has 25 heavy (non-hydrogen) atoms. The molecule has 0 saturated heterocycles. The number of halogens is 3. The summed E-state index contributed by atoms with van der Waals surface area (Å²) in [6.07, 6.45) is 0.591. The number of hydrogen-bond donors (Lipinski definition) is 2. The van der Waals surface area contributed by atoms with Crippen molar-refractivity contribution < 1.29 is 27.5 Å². The first-order valence-electron chi connectivity index (χ1n) is 6.88. The average molecular weight is 351 g/mol. The highest BCUT2D eigenvalue weighted by Crippen LogP contribution is 2.22. The fraction of sp³-hybridized carbons (Fsp3) is 0.0625. The summed E-state index contributed by atoms with van der Waals surface area (Å²) in [6, 6.07) is 7.89. The first-order chi connectivity index (χ1) is 11.8. The summed E-state index contributed by atoms with van der Waals surface area (Å²) in [5, 5.41) is 0. The van der Waals surface area contributed by atoms with Crippen LogP contribution >= 0.6 is 0 Å². The number of carbonyl (C=O) groups excluding carboxylic acids is 2. The lowest BCUT2D eigenvalue weighted by Gasteiger charge is -2.08. The Morgan fingerprint density at radius 2 is 1.64 bits per heavy atom. The summed E-state index contributed by atoms with van der Waals surface area (Å²) in [4.78, 5) is 27.1. The summed E-state index contributed by atoms with van der Waals surface area (Å²) in [5.41, 5.74) is 5.18. The van der Waals surface area contributed by atoms with Crippen molar-refractivity contribution in [2.75, 3.05) is 0 Å². The Morgan fingerprint density at radius 1 is 1.00 bits per heavy atom. The third-order valence-electron chi connectivity index (χ3n) is 2.78. The molecule has 0 fully saturated rings. The van der Waals surface area contributed by atoms with Crippen molar-refractivity contribution in [3.05, 3.63) is 66.0 Å². The van der Waals surface area contributed by atoms with E-state index in [2.05, 4.69) is 20.6 Å². The van der Waals surface area contributed by atoms with E-state index in [1.54, 1.807) is 0 Å². The molecule has 0 saturated carbocycles. The molecule has 1 aromatic heterocycles. The zero-order valence-corrected chi connectivity index (χ0v) is 12.6. The molecule has 1 heterocycles. The number of amides is 2. The van der Waals surface area contributed by atoms with Gasteiger partial charge in [0.1, 0.15) is 5.75 Å². The van der Waals surface area contributed by atoms with Gasteiger partial charge in [-0.15, -0.1) is 13.2 Å². The van der Waals surface area contributed by atoms with Gasteiger partial charge in [0.05, 0.1) is 0 Å². The minimum atomic E-state index is -4.76. The van der Waals surface area contributed by atoms with E-state index in [1.807, 2.05) is 0 Å². The standard InChI is InChI=1S/C16H12F3N3O3/c17-16(18,19)25-13-4-1-11(2-5-13)3-6-14(23)21-22-15(24)12-7-9-20-10-8-12/h1-10H,(H,21,23)(H,22,24)/b6-3+. The van der Waals surface area contributed by atoms with E-state index in [1.165, 1.54) is 42.7 Å². The summed E-state index contributed by atoms with van der Waals surface area (Å²) in [5.74, 6) is -1.49. The first-order valence-corrected chi connectivity index (χ1v) is 6.88. The maximum absolute atomic E-state index is 12.0. The maximum atomic E-state index is 12.0. The van der Waals surface area contributed by atoms with Gasteiger partial charge in [0, 0.05) is 24.0 Å². The Kier molecular flexibility index (Phi) is 5.72. The van der Waals surface area contributed by atoms with Crippen molar-refractivity contribution in [3.8, 4) is 5.75 Å². The number of ether oxygens (including phenoxy) is 1. The predicted octanol–water partition coefficient (Wildman–Crippen LogP) is 2.45. The molecule has 2 N–H and O–H groups in total. The van der Waals surface area contributed by atoms with Gasteiger partial charge in [-0.2, -0.15) is 0 Å². The van der Waals surface area contributed by atoms with Crippen LogP contribution in [0.15, 0.2) is 54.9 Å². The van der Waals surface area contributed by atoms with Gasteiger partial charge < -0.3 is 4.74 Å². The van der Waals surface area contributed by atoms with Gasteiger partial charge in [0.25, 0.3) is 11.8 Å². The van der Waals surface area contributed by atoms with Gasteiger partial charge in [-0.25, -0.2) is 0 Å². The minimum Gasteiger partial charge on any atom is -0.406 e. The molecule has 0 aliphatic rings. The van der Waals surface area contributed by atoms with E-state index in [0.29, 0.717) is 11.1 Å². The zero-order chi connectivity index (χ0) is 18.3. The highest BCUT2D eigenvalue weighted by molar-refractivity contribution is 5.97. The number of carbonyl (C=O) groups is 2. The van der Waals surface area contributed by atoms with Crippen molar-refractivity contribution >= 4 is 17.9 Å². The molecule has 2 amide bonds. The highest BCUT2D eigenvalue weighted by atomic mass is 19.4. The number of rotatable bonds is 4. The lowest BCUT2D eigenvalue weighted by atomic mass is 10.2. The van der Waals surface area contributed by atoms with Crippen LogP contribution in [0.5, 0.6) is 5.75 Å². The molecule has 130 valence electrons. The van der Waals surface area contributed by atoms with Crippen LogP contribution in [0.25, 0.3) is 6.08 Å². The molecule has 0 atom stereocenters. The molecule has 0 aliphatic carbocycles. The van der Waals surface area contributed by atoms with Crippen LogP contribution in [0.1, 0.15) is 15.9 Å². The minimum absolute atomic E-state index is 0.319. The molecule has 1 aromatic carbocycles. The van der Waals surface area contributed by atoms with Crippen LogP contribution in [-0.2, 0) is 4.79 Å². The third kappa shape index (κ3) is 6.34. The second-order valence-electron chi connectivity index (χ2n) is 4.63. The molecule has 0 bridgehead atoms. The lowest BCUT2D eigenvalue weighted by molar-refractivity contribution is -0.274. The normalized spacial score (nSPS) is 11.2. The molecular weight excluding hydrogens is 339 g/mol. The molecule has 6 nitrogen and oxygen atoms in total. The number of nitrogens with zero attached hydrogens (tertiary/aromatic N) is 1. The molecule has 0 spiro atoms. The van der Waals surface area contributed by atoms with Crippen LogP contribution in [0.3, 0.4) is 0 Å². The molecule has 2 rings (SSSR count). The first kappa shape index (κ1) is 18.0. The van der Waals surface area contributed by atoms with Gasteiger partial charge >= 0.3 is 6.36 Å². The molecule has 0 radical (unpaired) electrons. The van der Waals surface area contributed by atoms with Crippen LogP contribution < -0.4 is 15.6 Å². The van der Waals surface area contributed by atoms with Crippen LogP contribution in [-0.4, -0.2) is 23.2 Å². The fourth-order valence-electron chi connectivity index (χ4n) is 1.69. The summed E-state index contributed by atoms with van der Waals surface area (Å²) in [7, 11) is 0. The van der Waals surface area contributed by atoms with Crippen LogP contribution in [0.4, 0.5) is 13.2 Å². The number of nitrogens with one attached hydrogen (secondary N) is 2. The predicted molar refractivity (Wildman–Crippen MR) is 82.0 cm³/mol. The fourth-order valence-corrected chi connectivity index (χ4v) is 1.69. The quantitative estimate of drug-likeness (QED) is 0.655. The van der Waals surface area contributed by atoms with E-state index in [9.17, 15) is 22.8 Å². The highest BCUT2D eigenvalue weighted by Gasteiger charge is 2.30. The Balaban J connectivity index is 1.84. The van der Waals surface area contributed by atoms with E-state index < -0.39 is 18.2 Å². The summed E-state index contributed by atoms with van der Waals surface area (Å²) in [6.45, 7) is 0. The van der Waals surface area contributed by atoms with Crippen molar-refractivity contribution in [2.45, 2.75) is 6.36 Å². The zero-order valence-electron chi connectivity index (χ0n) is 12.6. The van der Waals surface area contributed by atoms with Crippen molar-refractivity contribution in [1.82, 2.24) is 15.8 Å². The smallest absolute Gasteiger partial charge is 0.406 e. The Labute approximate surface area is 140 Å². The Hall–Kier alpha value is -3.36. The second-order valence-corrected chi connectivity index (χ2v) is 4.63. The van der Waals surface area contributed by atoms with Gasteiger partial charge in [-0.05, 0) is 35.9 Å². The largest absolute Gasteiger partial charge is 0.573 e. The van der Waals surface area contributed by atoms with Gasteiger partial charge in [-0.3, -0.25) is 25.4 Å². The van der Waals surface area contributed by atoms with Gasteiger partial charge in [0.15, 0.2) is 0 Å². The lowest BCUT2D eigenvalue weighted by Crippen LogP contribution is -2.40. The average Bonchev–Trinajstić information content (AvgIpc) is 2.58. The van der Waals surface area contributed by atoms with Gasteiger partial charge in [0.2, 0.25) is 0 Å². The number of pyridine rings is 1. The van der Waals surface area contributed by atoms with Crippen molar-refractivity contribution in [3.63, 3.8) is 0 Å². The number of aromatic nitrogens is 1. The number of benzene rings is 1. The Morgan fingerprint density at radius 3 is 2.24 bits per heavy atom. The van der Waals surface area contributed by atoms with E-state index in [4.69, 9.17) is 0 Å². The Bertz CT molecular complexity index is 760. The SMILES string of the molecule is O=C(/C=C/c1ccc(OC(F)(F)F)cc1)NNC(=O)c1ccncc1. The number of hydrogen-bond acceptors (Lipinski definition) is 4. The third-order valence-corrected chi connectivity index (χ3v) is 2.78. The molecule has 2 aromatic rings. The monoisotopic (exact) mass is 351 g/mol. The molecule has 9 heteroatoms. The molecule has 0 aliphatic heterocycles. The van der Waals surface area contributed by atoms with Gasteiger partial charge in [-0.1, -0.05) is 12.1 Å². The number of hydrazine groups is 1. The van der Waals surface area contributed by atoms with Crippen LogP contribution in [0, 0.1) is 0 Å². The number of alkyl halides is 3. The molecular formula is C16H12F3N3O3. The van der Waals surface area contributed by atoms with Crippen molar-refractivity contribution in [1.29, 1.82) is 0 Å². The van der Waals surface area contributed by atoms with E-state index >= 15 is 0 Å². The summed E-state index contributed by atoms with van der Waals surface area (Å²) >= 11 is 0. The maximum Gasteiger partial charge on any atom is 0.573 e. The second kappa shape index (κ2) is 7.95. The topological polar surface area (TPSA) is 80.3 Å². The van der Waals surface area contributed by atoms with E-state index in [-0.39, 0.29) is 5.75 Å². The van der Waals surface area contributed by atoms with Crippen LogP contribution in [0.2, 0.25) is 0 Å². The summed E-state index contributed by atoms with van der Waals surface area (Å²) < 4.78 is 39.9.